The molecule has 1 N–H and O–H groups in total. The van der Waals surface area contributed by atoms with Crippen LogP contribution >= 0.6 is 0 Å². The van der Waals surface area contributed by atoms with Gasteiger partial charge >= 0.3 is 5.97 Å². The first-order chi connectivity index (χ1) is 11.5. The topological polar surface area (TPSA) is 62.4 Å². The standard InChI is InChI=1S/C19H18N2O3/c1-21(2)14-7-5-6-13(10-14)12-24-19(23)16-11-18(22)20-17-9-4-3-8-15(16)17/h3-11H,12H2,1-2H3,(H,20,22). The van der Waals surface area contributed by atoms with Crippen LogP contribution in [0.1, 0.15) is 15.9 Å². The lowest BCUT2D eigenvalue weighted by atomic mass is 10.1. The number of ether oxygens (including phenoxy) is 1. The zero-order chi connectivity index (χ0) is 17.1. The van der Waals surface area contributed by atoms with E-state index in [1.54, 1.807) is 18.2 Å². The molecule has 0 aliphatic rings. The maximum Gasteiger partial charge on any atom is 0.339 e. The molecule has 0 atom stereocenters. The van der Waals surface area contributed by atoms with Crippen LogP contribution in [0.5, 0.6) is 0 Å². The monoisotopic (exact) mass is 322 g/mol. The smallest absolute Gasteiger partial charge is 0.339 e. The highest BCUT2D eigenvalue weighted by Crippen LogP contribution is 2.18. The highest BCUT2D eigenvalue weighted by molar-refractivity contribution is 6.03. The number of nitrogens with zero attached hydrogens (tertiary/aromatic N) is 1. The molecule has 0 saturated carbocycles. The number of carbonyl (C=O) groups is 1. The van der Waals surface area contributed by atoms with Crippen molar-refractivity contribution in [3.05, 3.63) is 76.1 Å². The van der Waals surface area contributed by atoms with Crippen molar-refractivity contribution in [2.75, 3.05) is 19.0 Å². The largest absolute Gasteiger partial charge is 0.457 e. The summed E-state index contributed by atoms with van der Waals surface area (Å²) in [7, 11) is 3.90. The highest BCUT2D eigenvalue weighted by atomic mass is 16.5. The van der Waals surface area contributed by atoms with Crippen LogP contribution in [0.3, 0.4) is 0 Å². The fourth-order valence-electron chi connectivity index (χ4n) is 2.52. The number of carbonyl (C=O) groups excluding carboxylic acids is 1. The Hall–Kier alpha value is -3.08. The number of aromatic amines is 1. The summed E-state index contributed by atoms with van der Waals surface area (Å²) in [5.41, 5.74) is 2.49. The van der Waals surface area contributed by atoms with Gasteiger partial charge in [-0.25, -0.2) is 4.79 Å². The number of H-pyrrole nitrogens is 1. The molecule has 0 aliphatic carbocycles. The van der Waals surface area contributed by atoms with Crippen molar-refractivity contribution >= 4 is 22.6 Å². The molecule has 0 bridgehead atoms. The lowest BCUT2D eigenvalue weighted by Gasteiger charge is -2.13. The van der Waals surface area contributed by atoms with E-state index in [0.717, 1.165) is 11.3 Å². The van der Waals surface area contributed by atoms with Crippen LogP contribution in [-0.4, -0.2) is 25.0 Å². The van der Waals surface area contributed by atoms with Crippen molar-refractivity contribution < 1.29 is 9.53 Å². The lowest BCUT2D eigenvalue weighted by molar-refractivity contribution is 0.0475. The summed E-state index contributed by atoms with van der Waals surface area (Å²) < 4.78 is 5.40. The van der Waals surface area contributed by atoms with Gasteiger partial charge in [0.25, 0.3) is 0 Å². The Kier molecular flexibility index (Phi) is 4.33. The molecule has 5 heteroatoms. The molecular formula is C19H18N2O3. The first-order valence-corrected chi connectivity index (χ1v) is 7.60. The van der Waals surface area contributed by atoms with Gasteiger partial charge in [-0.2, -0.15) is 0 Å². The van der Waals surface area contributed by atoms with Gasteiger partial charge in [-0.1, -0.05) is 30.3 Å². The molecule has 0 amide bonds. The van der Waals surface area contributed by atoms with Crippen LogP contribution in [-0.2, 0) is 11.3 Å². The van der Waals surface area contributed by atoms with Crippen LogP contribution in [0.4, 0.5) is 5.69 Å². The summed E-state index contributed by atoms with van der Waals surface area (Å²) in [5.74, 6) is -0.507. The minimum Gasteiger partial charge on any atom is -0.457 e. The Morgan fingerprint density at radius 1 is 1.08 bits per heavy atom. The number of nitrogens with one attached hydrogen (secondary N) is 1. The third-order valence-electron chi connectivity index (χ3n) is 3.77. The van der Waals surface area contributed by atoms with Gasteiger partial charge in [0.1, 0.15) is 6.61 Å². The molecule has 0 saturated heterocycles. The third kappa shape index (κ3) is 3.30. The Labute approximate surface area is 139 Å². The predicted octanol–water partition coefficient (Wildman–Crippen LogP) is 2.95. The van der Waals surface area contributed by atoms with E-state index in [4.69, 9.17) is 4.74 Å². The average molecular weight is 322 g/mol. The number of pyridine rings is 1. The first-order valence-electron chi connectivity index (χ1n) is 7.60. The Bertz CT molecular complexity index is 944. The molecule has 3 aromatic rings. The molecule has 0 radical (unpaired) electrons. The van der Waals surface area contributed by atoms with E-state index in [2.05, 4.69) is 4.98 Å². The zero-order valence-corrected chi connectivity index (χ0v) is 13.6. The fraction of sp³-hybridized carbons (Fsp3) is 0.158. The van der Waals surface area contributed by atoms with Gasteiger partial charge in [0.15, 0.2) is 0 Å². The number of hydrogen-bond donors (Lipinski definition) is 1. The molecule has 122 valence electrons. The quantitative estimate of drug-likeness (QED) is 0.750. The maximum absolute atomic E-state index is 12.4. The van der Waals surface area contributed by atoms with Gasteiger partial charge in [0.05, 0.1) is 5.56 Å². The maximum atomic E-state index is 12.4. The van der Waals surface area contributed by atoms with Crippen molar-refractivity contribution in [2.45, 2.75) is 6.61 Å². The zero-order valence-electron chi connectivity index (χ0n) is 13.6. The molecule has 1 heterocycles. The number of esters is 1. The summed E-state index contributed by atoms with van der Waals surface area (Å²) in [6.07, 6.45) is 0. The van der Waals surface area contributed by atoms with Crippen LogP contribution in [0.2, 0.25) is 0 Å². The molecule has 2 aromatic carbocycles. The van der Waals surface area contributed by atoms with E-state index in [1.807, 2.05) is 49.3 Å². The Morgan fingerprint density at radius 2 is 1.88 bits per heavy atom. The molecule has 0 fully saturated rings. The normalized spacial score (nSPS) is 10.6. The minimum absolute atomic E-state index is 0.154. The number of para-hydroxylation sites is 1. The number of aromatic nitrogens is 1. The van der Waals surface area contributed by atoms with E-state index < -0.39 is 5.97 Å². The Balaban J connectivity index is 1.83. The molecule has 0 spiro atoms. The van der Waals surface area contributed by atoms with Crippen molar-refractivity contribution in [1.29, 1.82) is 0 Å². The third-order valence-corrected chi connectivity index (χ3v) is 3.77. The van der Waals surface area contributed by atoms with Gasteiger partial charge in [-0.15, -0.1) is 0 Å². The minimum atomic E-state index is -0.507. The Morgan fingerprint density at radius 3 is 2.67 bits per heavy atom. The molecular weight excluding hydrogens is 304 g/mol. The fourth-order valence-corrected chi connectivity index (χ4v) is 2.52. The van der Waals surface area contributed by atoms with E-state index in [1.165, 1.54) is 6.07 Å². The molecule has 0 unspecified atom stereocenters. The highest BCUT2D eigenvalue weighted by Gasteiger charge is 2.13. The second kappa shape index (κ2) is 6.58. The lowest BCUT2D eigenvalue weighted by Crippen LogP contribution is -2.13. The number of hydrogen-bond acceptors (Lipinski definition) is 4. The number of benzene rings is 2. The molecule has 1 aromatic heterocycles. The predicted molar refractivity (Wildman–Crippen MR) is 94.5 cm³/mol. The summed E-state index contributed by atoms with van der Waals surface area (Å²) in [6.45, 7) is 0.154. The molecule has 5 nitrogen and oxygen atoms in total. The van der Waals surface area contributed by atoms with Crippen molar-refractivity contribution in [2.24, 2.45) is 0 Å². The summed E-state index contributed by atoms with van der Waals surface area (Å²) in [4.78, 5) is 28.8. The molecule has 24 heavy (non-hydrogen) atoms. The van der Waals surface area contributed by atoms with E-state index in [-0.39, 0.29) is 17.7 Å². The summed E-state index contributed by atoms with van der Waals surface area (Å²) >= 11 is 0. The van der Waals surface area contributed by atoms with E-state index in [9.17, 15) is 9.59 Å². The SMILES string of the molecule is CN(C)c1cccc(COC(=O)c2cc(=O)[nH]c3ccccc23)c1. The van der Waals surface area contributed by atoms with Crippen LogP contribution < -0.4 is 10.5 Å². The van der Waals surface area contributed by atoms with Gasteiger partial charge < -0.3 is 14.6 Å². The van der Waals surface area contributed by atoms with Crippen LogP contribution in [0.15, 0.2) is 59.4 Å². The van der Waals surface area contributed by atoms with Crippen molar-refractivity contribution in [1.82, 2.24) is 4.98 Å². The van der Waals surface area contributed by atoms with Crippen molar-refractivity contribution in [3.8, 4) is 0 Å². The van der Waals surface area contributed by atoms with E-state index in [0.29, 0.717) is 10.9 Å². The van der Waals surface area contributed by atoms with Crippen LogP contribution in [0, 0.1) is 0 Å². The van der Waals surface area contributed by atoms with Gasteiger partial charge in [0, 0.05) is 36.8 Å². The second-order valence-electron chi connectivity index (χ2n) is 5.73. The van der Waals surface area contributed by atoms with Gasteiger partial charge in [-0.3, -0.25) is 4.79 Å². The van der Waals surface area contributed by atoms with Gasteiger partial charge in [0.2, 0.25) is 5.56 Å². The van der Waals surface area contributed by atoms with E-state index >= 15 is 0 Å². The second-order valence-corrected chi connectivity index (χ2v) is 5.73. The van der Waals surface area contributed by atoms with Gasteiger partial charge in [-0.05, 0) is 23.8 Å². The summed E-state index contributed by atoms with van der Waals surface area (Å²) in [5, 5.41) is 0.671. The number of fused-ring (bicyclic) bond motifs is 1. The van der Waals surface area contributed by atoms with Crippen LogP contribution in [0.25, 0.3) is 10.9 Å². The van der Waals surface area contributed by atoms with Crippen molar-refractivity contribution in [3.63, 3.8) is 0 Å². The first kappa shape index (κ1) is 15.8. The number of rotatable bonds is 4. The number of anilines is 1. The molecule has 3 rings (SSSR count). The summed E-state index contributed by atoms with van der Waals surface area (Å²) in [6, 6.07) is 16.2. The molecule has 0 aliphatic heterocycles. The average Bonchev–Trinajstić information content (AvgIpc) is 2.59.